The predicted octanol–water partition coefficient (Wildman–Crippen LogP) is 2.57. The first kappa shape index (κ1) is 21.7. The Labute approximate surface area is 174 Å². The number of nitrogens with zero attached hydrogens (tertiary/aromatic N) is 3. The number of halogens is 2. The number of aromatic nitrogens is 3. The van der Waals surface area contributed by atoms with Crippen LogP contribution in [0.4, 0.5) is 8.78 Å². The number of carbonyl (C=O) groups is 1. The van der Waals surface area contributed by atoms with Gasteiger partial charge in [-0.2, -0.15) is 0 Å². The van der Waals surface area contributed by atoms with Gasteiger partial charge in [-0.3, -0.25) is 4.79 Å². The molecule has 0 radical (unpaired) electrons. The standard InChI is InChI=1S/C21H27F2N5O2/c22-19(23)14-30-18-6-3-4-16(12-18)21(8-9-21)15-28-17(13-26-27-28)5-1-2-10-25-11-7-20(24)29/h3-4,6-7,11-13,19,25H,1-2,5,8-10,14-15H2,(H2,24,29)/b11-7-. The molecular weight excluding hydrogens is 392 g/mol. The SMILES string of the molecule is NC(=O)/C=C\NCCCCc1cnnn1CC1(c2cccc(OCC(F)F)c2)CC1. The van der Waals surface area contributed by atoms with E-state index in [0.29, 0.717) is 12.3 Å². The number of primary amides is 1. The molecular formula is C21H27F2N5O2. The third-order valence-electron chi connectivity index (χ3n) is 5.20. The number of aryl methyl sites for hydroxylation is 1. The van der Waals surface area contributed by atoms with Crippen LogP contribution in [0.25, 0.3) is 0 Å². The smallest absolute Gasteiger partial charge is 0.272 e. The van der Waals surface area contributed by atoms with Crippen molar-refractivity contribution in [1.29, 1.82) is 0 Å². The zero-order chi connectivity index (χ0) is 21.4. The summed E-state index contributed by atoms with van der Waals surface area (Å²) in [6.45, 7) is 0.859. The molecule has 1 aliphatic carbocycles. The van der Waals surface area contributed by atoms with Gasteiger partial charge in [0.15, 0.2) is 0 Å². The highest BCUT2D eigenvalue weighted by atomic mass is 19.3. The van der Waals surface area contributed by atoms with E-state index in [2.05, 4.69) is 15.6 Å². The van der Waals surface area contributed by atoms with Gasteiger partial charge in [-0.1, -0.05) is 17.3 Å². The second-order valence-electron chi connectivity index (χ2n) is 7.54. The minimum absolute atomic E-state index is 0.0479. The summed E-state index contributed by atoms with van der Waals surface area (Å²) in [6, 6.07) is 7.43. The van der Waals surface area contributed by atoms with Gasteiger partial charge < -0.3 is 15.8 Å². The second-order valence-corrected chi connectivity index (χ2v) is 7.54. The van der Waals surface area contributed by atoms with Crippen LogP contribution in [0.1, 0.15) is 36.9 Å². The van der Waals surface area contributed by atoms with Gasteiger partial charge in [0.05, 0.1) is 18.4 Å². The third-order valence-corrected chi connectivity index (χ3v) is 5.20. The Kier molecular flexibility index (Phi) is 7.37. The van der Waals surface area contributed by atoms with E-state index in [1.54, 1.807) is 18.5 Å². The Morgan fingerprint density at radius 2 is 2.20 bits per heavy atom. The van der Waals surface area contributed by atoms with E-state index in [0.717, 1.165) is 49.9 Å². The molecule has 0 atom stereocenters. The van der Waals surface area contributed by atoms with Crippen molar-refractivity contribution in [3.05, 3.63) is 54.0 Å². The quantitative estimate of drug-likeness (QED) is 0.384. The van der Waals surface area contributed by atoms with Crippen LogP contribution in [0.15, 0.2) is 42.7 Å². The van der Waals surface area contributed by atoms with Crippen molar-refractivity contribution in [2.45, 2.75) is 50.5 Å². The number of amides is 1. The minimum Gasteiger partial charge on any atom is -0.488 e. The summed E-state index contributed by atoms with van der Waals surface area (Å²) in [5.41, 5.74) is 7.13. The number of benzene rings is 1. The molecule has 1 aliphatic rings. The normalized spacial score (nSPS) is 14.9. The topological polar surface area (TPSA) is 95.1 Å². The van der Waals surface area contributed by atoms with Crippen molar-refractivity contribution < 1.29 is 18.3 Å². The van der Waals surface area contributed by atoms with E-state index in [-0.39, 0.29) is 5.41 Å². The average Bonchev–Trinajstić information content (AvgIpc) is 3.37. The zero-order valence-electron chi connectivity index (χ0n) is 16.8. The highest BCUT2D eigenvalue weighted by Gasteiger charge is 2.45. The van der Waals surface area contributed by atoms with E-state index < -0.39 is 18.9 Å². The van der Waals surface area contributed by atoms with E-state index >= 15 is 0 Å². The zero-order valence-corrected chi connectivity index (χ0v) is 16.8. The van der Waals surface area contributed by atoms with Crippen LogP contribution in [-0.4, -0.2) is 40.5 Å². The molecule has 0 spiro atoms. The lowest BCUT2D eigenvalue weighted by molar-refractivity contribution is -0.113. The molecule has 1 saturated carbocycles. The Balaban J connectivity index is 1.53. The molecule has 3 rings (SSSR count). The summed E-state index contributed by atoms with van der Waals surface area (Å²) < 4.78 is 31.9. The fourth-order valence-electron chi connectivity index (χ4n) is 3.41. The largest absolute Gasteiger partial charge is 0.488 e. The number of alkyl halides is 2. The van der Waals surface area contributed by atoms with Crippen LogP contribution < -0.4 is 15.8 Å². The van der Waals surface area contributed by atoms with Gasteiger partial charge in [-0.25, -0.2) is 13.5 Å². The lowest BCUT2D eigenvalue weighted by atomic mass is 9.95. The molecule has 1 aromatic heterocycles. The molecule has 1 fully saturated rings. The maximum atomic E-state index is 12.4. The van der Waals surface area contributed by atoms with Gasteiger partial charge >= 0.3 is 0 Å². The highest BCUT2D eigenvalue weighted by molar-refractivity contribution is 5.85. The number of ether oxygens (including phenoxy) is 1. The first-order valence-corrected chi connectivity index (χ1v) is 10.1. The average molecular weight is 419 g/mol. The Morgan fingerprint density at radius 1 is 1.37 bits per heavy atom. The lowest BCUT2D eigenvalue weighted by Crippen LogP contribution is -2.19. The predicted molar refractivity (Wildman–Crippen MR) is 108 cm³/mol. The van der Waals surface area contributed by atoms with Crippen LogP contribution >= 0.6 is 0 Å². The summed E-state index contributed by atoms with van der Waals surface area (Å²) in [7, 11) is 0. The minimum atomic E-state index is -2.49. The molecule has 2 aromatic rings. The fourth-order valence-corrected chi connectivity index (χ4v) is 3.41. The van der Waals surface area contributed by atoms with E-state index in [9.17, 15) is 13.6 Å². The maximum absolute atomic E-state index is 12.4. The molecule has 30 heavy (non-hydrogen) atoms. The first-order valence-electron chi connectivity index (χ1n) is 10.1. The van der Waals surface area contributed by atoms with Crippen molar-refractivity contribution in [1.82, 2.24) is 20.3 Å². The number of rotatable bonds is 13. The number of unbranched alkanes of at least 4 members (excludes halogenated alkanes) is 1. The summed E-state index contributed by atoms with van der Waals surface area (Å²) in [5.74, 6) is -0.00613. The second kappa shape index (κ2) is 10.2. The molecule has 1 aromatic carbocycles. The molecule has 9 heteroatoms. The molecule has 0 unspecified atom stereocenters. The van der Waals surface area contributed by atoms with Gasteiger partial charge in [-0.05, 0) is 49.8 Å². The third kappa shape index (κ3) is 6.27. The number of nitrogens with two attached hydrogens (primary N) is 1. The first-order chi connectivity index (χ1) is 14.5. The lowest BCUT2D eigenvalue weighted by Gasteiger charge is -2.18. The van der Waals surface area contributed by atoms with Crippen LogP contribution in [0.2, 0.25) is 0 Å². The Bertz CT molecular complexity index is 865. The number of hydrogen-bond acceptors (Lipinski definition) is 5. The summed E-state index contributed by atoms with van der Waals surface area (Å²) in [5, 5.41) is 11.3. The monoisotopic (exact) mass is 419 g/mol. The van der Waals surface area contributed by atoms with Crippen LogP contribution in [0.5, 0.6) is 5.75 Å². The fraction of sp³-hybridized carbons (Fsp3) is 0.476. The number of nitrogens with one attached hydrogen (secondary N) is 1. The van der Waals surface area contributed by atoms with Gasteiger partial charge in [-0.15, -0.1) is 5.10 Å². The van der Waals surface area contributed by atoms with Gasteiger partial charge in [0.2, 0.25) is 5.91 Å². The molecule has 0 bridgehead atoms. The van der Waals surface area contributed by atoms with Crippen LogP contribution in [0, 0.1) is 0 Å². The molecule has 7 nitrogen and oxygen atoms in total. The van der Waals surface area contributed by atoms with E-state index in [4.69, 9.17) is 10.5 Å². The van der Waals surface area contributed by atoms with Gasteiger partial charge in [0.1, 0.15) is 12.4 Å². The molecule has 162 valence electrons. The van der Waals surface area contributed by atoms with Gasteiger partial charge in [0, 0.05) is 24.2 Å². The molecule has 1 heterocycles. The van der Waals surface area contributed by atoms with Crippen LogP contribution in [-0.2, 0) is 23.2 Å². The van der Waals surface area contributed by atoms with Crippen molar-refractivity contribution in [3.8, 4) is 5.75 Å². The number of carbonyl (C=O) groups excluding carboxylic acids is 1. The summed E-state index contributed by atoms with van der Waals surface area (Å²) >= 11 is 0. The maximum Gasteiger partial charge on any atom is 0.272 e. The molecule has 1 amide bonds. The van der Waals surface area contributed by atoms with Crippen molar-refractivity contribution in [3.63, 3.8) is 0 Å². The van der Waals surface area contributed by atoms with Crippen molar-refractivity contribution in [2.24, 2.45) is 5.73 Å². The van der Waals surface area contributed by atoms with E-state index in [1.165, 1.54) is 6.08 Å². The number of hydrogen-bond donors (Lipinski definition) is 2. The van der Waals surface area contributed by atoms with Crippen molar-refractivity contribution >= 4 is 5.91 Å². The Morgan fingerprint density at radius 3 is 2.93 bits per heavy atom. The highest BCUT2D eigenvalue weighted by Crippen LogP contribution is 2.50. The van der Waals surface area contributed by atoms with E-state index in [1.807, 2.05) is 22.9 Å². The van der Waals surface area contributed by atoms with Gasteiger partial charge in [0.25, 0.3) is 6.43 Å². The summed E-state index contributed by atoms with van der Waals surface area (Å²) in [4.78, 5) is 10.6. The Hall–Kier alpha value is -2.97. The molecule has 0 aliphatic heterocycles. The summed E-state index contributed by atoms with van der Waals surface area (Å²) in [6.07, 6.45) is 6.92. The molecule has 3 N–H and O–H groups in total. The molecule has 0 saturated heterocycles. The van der Waals surface area contributed by atoms with Crippen molar-refractivity contribution in [2.75, 3.05) is 13.2 Å². The van der Waals surface area contributed by atoms with Crippen LogP contribution in [0.3, 0.4) is 0 Å².